The van der Waals surface area contributed by atoms with Crippen LogP contribution in [0.25, 0.3) is 11.0 Å². The Labute approximate surface area is 103 Å². The van der Waals surface area contributed by atoms with Crippen LogP contribution in [-0.4, -0.2) is 21.5 Å². The van der Waals surface area contributed by atoms with Crippen molar-refractivity contribution in [3.05, 3.63) is 24.0 Å². The van der Waals surface area contributed by atoms with Crippen molar-refractivity contribution in [1.82, 2.24) is 14.9 Å². The monoisotopic (exact) mass is 248 g/mol. The van der Waals surface area contributed by atoms with Crippen LogP contribution in [0.2, 0.25) is 0 Å². The summed E-state index contributed by atoms with van der Waals surface area (Å²) >= 11 is 0. The molecule has 1 aromatic heterocycles. The second-order valence-corrected chi connectivity index (χ2v) is 4.51. The van der Waals surface area contributed by atoms with Crippen LogP contribution in [0.1, 0.15) is 12.8 Å². The summed E-state index contributed by atoms with van der Waals surface area (Å²) in [5, 5.41) is 2.86. The summed E-state index contributed by atoms with van der Waals surface area (Å²) in [6.07, 6.45) is 2.06. The highest BCUT2D eigenvalue weighted by Gasteiger charge is 2.24. The number of nitrogens with one attached hydrogen (secondary N) is 1. The SMILES string of the molecule is Nc1nc2c(F)cccc2n1CC(=O)NC1CC1. The van der Waals surface area contributed by atoms with Gasteiger partial charge in [-0.3, -0.25) is 4.79 Å². The number of benzene rings is 1. The van der Waals surface area contributed by atoms with Crippen LogP contribution in [0, 0.1) is 5.82 Å². The topological polar surface area (TPSA) is 72.9 Å². The maximum absolute atomic E-state index is 13.5. The van der Waals surface area contributed by atoms with E-state index < -0.39 is 5.82 Å². The molecule has 0 radical (unpaired) electrons. The molecule has 2 aromatic rings. The van der Waals surface area contributed by atoms with Crippen LogP contribution in [0.5, 0.6) is 0 Å². The number of fused-ring (bicyclic) bond motifs is 1. The van der Waals surface area contributed by atoms with Crippen LogP contribution < -0.4 is 11.1 Å². The summed E-state index contributed by atoms with van der Waals surface area (Å²) in [6, 6.07) is 4.90. The smallest absolute Gasteiger partial charge is 0.240 e. The number of hydrogen-bond donors (Lipinski definition) is 2. The maximum Gasteiger partial charge on any atom is 0.240 e. The van der Waals surface area contributed by atoms with Crippen molar-refractivity contribution in [2.75, 3.05) is 5.73 Å². The first-order chi connectivity index (χ1) is 8.65. The van der Waals surface area contributed by atoms with Gasteiger partial charge >= 0.3 is 0 Å². The van der Waals surface area contributed by atoms with Crippen LogP contribution >= 0.6 is 0 Å². The summed E-state index contributed by atoms with van der Waals surface area (Å²) in [5.41, 5.74) is 6.47. The zero-order valence-corrected chi connectivity index (χ0v) is 9.69. The predicted molar refractivity (Wildman–Crippen MR) is 65.3 cm³/mol. The van der Waals surface area contributed by atoms with Gasteiger partial charge in [0.15, 0.2) is 5.82 Å². The molecular weight excluding hydrogens is 235 g/mol. The molecular formula is C12H13FN4O. The van der Waals surface area contributed by atoms with E-state index in [2.05, 4.69) is 10.3 Å². The third-order valence-electron chi connectivity index (χ3n) is 3.00. The van der Waals surface area contributed by atoms with Gasteiger partial charge in [0.1, 0.15) is 12.1 Å². The molecule has 3 N–H and O–H groups in total. The number of imidazole rings is 1. The van der Waals surface area contributed by atoms with Crippen molar-refractivity contribution in [3.63, 3.8) is 0 Å². The molecule has 0 aliphatic heterocycles. The van der Waals surface area contributed by atoms with Crippen LogP contribution in [0.3, 0.4) is 0 Å². The lowest BCUT2D eigenvalue weighted by Gasteiger charge is -2.06. The maximum atomic E-state index is 13.5. The summed E-state index contributed by atoms with van der Waals surface area (Å²) in [5.74, 6) is -0.394. The highest BCUT2D eigenvalue weighted by molar-refractivity contribution is 5.83. The number of nitrogens with two attached hydrogens (primary N) is 1. The molecule has 1 aliphatic rings. The van der Waals surface area contributed by atoms with Crippen LogP contribution in [0.15, 0.2) is 18.2 Å². The lowest BCUT2D eigenvalue weighted by molar-refractivity contribution is -0.121. The summed E-state index contributed by atoms with van der Waals surface area (Å²) < 4.78 is 15.0. The van der Waals surface area contributed by atoms with E-state index in [4.69, 9.17) is 5.73 Å². The molecule has 1 aliphatic carbocycles. The third kappa shape index (κ3) is 1.90. The van der Waals surface area contributed by atoms with E-state index in [0.717, 1.165) is 12.8 Å². The van der Waals surface area contributed by atoms with Gasteiger partial charge in [0.25, 0.3) is 0 Å². The summed E-state index contributed by atoms with van der Waals surface area (Å²) in [6.45, 7) is 0.0717. The van der Waals surface area contributed by atoms with Crippen molar-refractivity contribution in [2.45, 2.75) is 25.4 Å². The molecule has 94 valence electrons. The van der Waals surface area contributed by atoms with Gasteiger partial charge in [-0.15, -0.1) is 0 Å². The number of carbonyl (C=O) groups is 1. The summed E-state index contributed by atoms with van der Waals surface area (Å²) in [7, 11) is 0. The molecule has 1 amide bonds. The molecule has 1 heterocycles. The normalized spacial score (nSPS) is 14.9. The molecule has 0 bridgehead atoms. The molecule has 0 saturated heterocycles. The minimum atomic E-state index is -0.430. The fraction of sp³-hybridized carbons (Fsp3) is 0.333. The van der Waals surface area contributed by atoms with E-state index in [-0.39, 0.29) is 23.9 Å². The Morgan fingerprint density at radius 3 is 3.06 bits per heavy atom. The predicted octanol–water partition coefficient (Wildman–Crippen LogP) is 1.04. The highest BCUT2D eigenvalue weighted by Crippen LogP contribution is 2.21. The lowest BCUT2D eigenvalue weighted by Crippen LogP contribution is -2.29. The first-order valence-electron chi connectivity index (χ1n) is 5.85. The van der Waals surface area contributed by atoms with Gasteiger partial charge in [-0.1, -0.05) is 6.07 Å². The number of para-hydroxylation sites is 1. The first-order valence-corrected chi connectivity index (χ1v) is 5.85. The van der Waals surface area contributed by atoms with Crippen molar-refractivity contribution in [3.8, 4) is 0 Å². The Morgan fingerprint density at radius 1 is 1.56 bits per heavy atom. The zero-order valence-electron chi connectivity index (χ0n) is 9.69. The average molecular weight is 248 g/mol. The van der Waals surface area contributed by atoms with E-state index in [1.807, 2.05) is 0 Å². The van der Waals surface area contributed by atoms with Gasteiger partial charge in [0, 0.05) is 6.04 Å². The van der Waals surface area contributed by atoms with Gasteiger partial charge in [-0.2, -0.15) is 0 Å². The third-order valence-corrected chi connectivity index (χ3v) is 3.00. The Kier molecular flexibility index (Phi) is 2.43. The minimum Gasteiger partial charge on any atom is -0.369 e. The van der Waals surface area contributed by atoms with Gasteiger partial charge in [-0.25, -0.2) is 9.37 Å². The molecule has 0 atom stereocenters. The Bertz CT molecular complexity index is 618. The largest absolute Gasteiger partial charge is 0.369 e. The second kappa shape index (κ2) is 3.97. The number of aromatic nitrogens is 2. The van der Waals surface area contributed by atoms with Crippen molar-refractivity contribution in [1.29, 1.82) is 0 Å². The van der Waals surface area contributed by atoms with Gasteiger partial charge in [0.05, 0.1) is 5.52 Å². The number of halogens is 1. The molecule has 1 fully saturated rings. The van der Waals surface area contributed by atoms with Crippen molar-refractivity contribution in [2.24, 2.45) is 0 Å². The van der Waals surface area contributed by atoms with E-state index >= 15 is 0 Å². The highest BCUT2D eigenvalue weighted by atomic mass is 19.1. The fourth-order valence-electron chi connectivity index (χ4n) is 1.94. The molecule has 5 nitrogen and oxygen atoms in total. The Hall–Kier alpha value is -2.11. The second-order valence-electron chi connectivity index (χ2n) is 4.51. The van der Waals surface area contributed by atoms with Gasteiger partial charge in [-0.05, 0) is 25.0 Å². The van der Waals surface area contributed by atoms with Crippen LogP contribution in [0.4, 0.5) is 10.3 Å². The molecule has 18 heavy (non-hydrogen) atoms. The standard InChI is InChI=1S/C12H13FN4O/c13-8-2-1-3-9-11(8)16-12(14)17(9)6-10(18)15-7-4-5-7/h1-3,7H,4-6H2,(H2,14,16)(H,15,18). The van der Waals surface area contributed by atoms with Gasteiger partial charge < -0.3 is 15.6 Å². The van der Waals surface area contributed by atoms with E-state index in [1.54, 1.807) is 12.1 Å². The Morgan fingerprint density at radius 2 is 2.33 bits per heavy atom. The van der Waals surface area contributed by atoms with E-state index in [0.29, 0.717) is 11.6 Å². The van der Waals surface area contributed by atoms with E-state index in [1.165, 1.54) is 10.6 Å². The molecule has 0 spiro atoms. The van der Waals surface area contributed by atoms with Crippen molar-refractivity contribution >= 4 is 22.9 Å². The molecule has 3 rings (SSSR count). The quantitative estimate of drug-likeness (QED) is 0.852. The number of carbonyl (C=O) groups excluding carboxylic acids is 1. The molecule has 6 heteroatoms. The average Bonchev–Trinajstić information content (AvgIpc) is 3.07. The first kappa shape index (κ1) is 11.0. The number of hydrogen-bond acceptors (Lipinski definition) is 3. The van der Waals surface area contributed by atoms with Gasteiger partial charge in [0.2, 0.25) is 11.9 Å². The molecule has 1 aromatic carbocycles. The number of anilines is 1. The number of amides is 1. The fourth-order valence-corrected chi connectivity index (χ4v) is 1.94. The lowest BCUT2D eigenvalue weighted by atomic mass is 10.3. The van der Waals surface area contributed by atoms with E-state index in [9.17, 15) is 9.18 Å². The number of nitrogen functional groups attached to an aromatic ring is 1. The van der Waals surface area contributed by atoms with Crippen molar-refractivity contribution < 1.29 is 9.18 Å². The molecule has 1 saturated carbocycles. The summed E-state index contributed by atoms with van der Waals surface area (Å²) in [4.78, 5) is 15.7. The Balaban J connectivity index is 1.92. The minimum absolute atomic E-state index is 0.0717. The van der Waals surface area contributed by atoms with Crippen LogP contribution in [-0.2, 0) is 11.3 Å². The molecule has 0 unspecified atom stereocenters. The zero-order chi connectivity index (χ0) is 12.7. The number of rotatable bonds is 3. The number of nitrogens with zero attached hydrogens (tertiary/aromatic N) is 2.